The summed E-state index contributed by atoms with van der Waals surface area (Å²) < 4.78 is 46.2. The number of alkyl halides is 3. The van der Waals surface area contributed by atoms with Crippen LogP contribution in [0.4, 0.5) is 13.2 Å². The maximum Gasteiger partial charge on any atom is 0.411 e. The zero-order valence-corrected chi connectivity index (χ0v) is 19.8. The van der Waals surface area contributed by atoms with Crippen LogP contribution >= 0.6 is 24.0 Å². The molecular weight excluding hydrogens is 512 g/mol. The molecular formula is C20H32F3IN4O2. The van der Waals surface area contributed by atoms with Crippen LogP contribution in [0.5, 0.6) is 5.75 Å². The highest BCUT2D eigenvalue weighted by molar-refractivity contribution is 14.0. The Hall–Kier alpha value is -1.27. The molecule has 2 N–H and O–H groups in total. The molecule has 1 unspecified atom stereocenters. The van der Waals surface area contributed by atoms with Crippen LogP contribution in [-0.2, 0) is 4.74 Å². The van der Waals surface area contributed by atoms with Gasteiger partial charge in [-0.25, -0.2) is 0 Å². The summed E-state index contributed by atoms with van der Waals surface area (Å²) in [6.45, 7) is 2.07. The number of aliphatic imine (C=N–C) groups is 1. The Morgan fingerprint density at radius 3 is 2.60 bits per heavy atom. The predicted molar refractivity (Wildman–Crippen MR) is 123 cm³/mol. The summed E-state index contributed by atoms with van der Waals surface area (Å²) in [5, 5.41) is 6.45. The summed E-state index contributed by atoms with van der Waals surface area (Å²) in [6.07, 6.45) is -1.45. The van der Waals surface area contributed by atoms with Crippen LogP contribution in [0.3, 0.4) is 0 Å². The average Bonchev–Trinajstić information content (AvgIpc) is 3.23. The second-order valence-corrected chi connectivity index (χ2v) is 6.94. The summed E-state index contributed by atoms with van der Waals surface area (Å²) in [6, 6.07) is 8.26. The minimum absolute atomic E-state index is 0. The quantitative estimate of drug-likeness (QED) is 0.204. The van der Waals surface area contributed by atoms with Crippen molar-refractivity contribution in [1.82, 2.24) is 15.5 Å². The molecule has 1 fully saturated rings. The van der Waals surface area contributed by atoms with E-state index in [9.17, 15) is 13.2 Å². The number of ether oxygens (including phenoxy) is 2. The second kappa shape index (κ2) is 13.9. The van der Waals surface area contributed by atoms with Crippen molar-refractivity contribution in [3.05, 3.63) is 29.8 Å². The summed E-state index contributed by atoms with van der Waals surface area (Å²) in [5.74, 6) is 1.45. The van der Waals surface area contributed by atoms with Gasteiger partial charge in [0.25, 0.3) is 0 Å². The summed E-state index contributed by atoms with van der Waals surface area (Å²) in [5.41, 5.74) is 1.18. The number of likely N-dealkylation sites (tertiary alicyclic amines) is 1. The van der Waals surface area contributed by atoms with Crippen LogP contribution in [-0.4, -0.2) is 70.6 Å². The summed E-state index contributed by atoms with van der Waals surface area (Å²) in [4.78, 5) is 6.65. The molecule has 10 heteroatoms. The van der Waals surface area contributed by atoms with Crippen molar-refractivity contribution in [3.8, 4) is 5.75 Å². The van der Waals surface area contributed by atoms with E-state index in [1.54, 1.807) is 14.2 Å². The van der Waals surface area contributed by atoms with E-state index in [4.69, 9.17) is 4.74 Å². The number of hydrogen-bond acceptors (Lipinski definition) is 4. The third kappa shape index (κ3) is 9.69. The molecule has 0 saturated carbocycles. The van der Waals surface area contributed by atoms with Gasteiger partial charge in [-0.05, 0) is 50.0 Å². The van der Waals surface area contributed by atoms with E-state index in [1.807, 2.05) is 12.1 Å². The van der Waals surface area contributed by atoms with E-state index in [0.29, 0.717) is 25.5 Å². The number of hydrogen-bond donors (Lipinski definition) is 2. The average molecular weight is 544 g/mol. The first-order valence-corrected chi connectivity index (χ1v) is 9.90. The normalized spacial score (nSPS) is 16.1. The first-order chi connectivity index (χ1) is 13.9. The standard InChI is InChI=1S/C20H31F3N4O2.HI/c1-24-19(25-9-6-12-29-15-20(21,22)23)26-14-18(27-10-3-4-11-27)16-7-5-8-17(13-16)28-2;/h5,7-8,13,18H,3-4,6,9-12,14-15H2,1-2H3,(H2,24,25,26);1H. The lowest BCUT2D eigenvalue weighted by atomic mass is 10.1. The molecule has 1 aliphatic heterocycles. The van der Waals surface area contributed by atoms with Crippen LogP contribution in [0.1, 0.15) is 30.9 Å². The van der Waals surface area contributed by atoms with Crippen molar-refractivity contribution in [1.29, 1.82) is 0 Å². The molecule has 0 spiro atoms. The lowest BCUT2D eigenvalue weighted by Gasteiger charge is -2.29. The number of guanidine groups is 1. The maximum absolute atomic E-state index is 12.1. The fourth-order valence-corrected chi connectivity index (χ4v) is 3.34. The van der Waals surface area contributed by atoms with Gasteiger partial charge < -0.3 is 20.1 Å². The zero-order valence-electron chi connectivity index (χ0n) is 17.5. The molecule has 0 amide bonds. The number of nitrogens with zero attached hydrogens (tertiary/aromatic N) is 2. The zero-order chi connectivity index (χ0) is 21.1. The second-order valence-electron chi connectivity index (χ2n) is 6.94. The molecule has 0 radical (unpaired) electrons. The van der Waals surface area contributed by atoms with Gasteiger partial charge in [0.2, 0.25) is 0 Å². The van der Waals surface area contributed by atoms with E-state index in [2.05, 4.69) is 37.4 Å². The van der Waals surface area contributed by atoms with E-state index in [-0.39, 0.29) is 36.6 Å². The number of nitrogens with one attached hydrogen (secondary N) is 2. The highest BCUT2D eigenvalue weighted by Gasteiger charge is 2.27. The fourth-order valence-electron chi connectivity index (χ4n) is 3.34. The first kappa shape index (κ1) is 26.8. The lowest BCUT2D eigenvalue weighted by molar-refractivity contribution is -0.173. The van der Waals surface area contributed by atoms with E-state index < -0.39 is 12.8 Å². The lowest BCUT2D eigenvalue weighted by Crippen LogP contribution is -2.43. The topological polar surface area (TPSA) is 58.1 Å². The number of benzene rings is 1. The van der Waals surface area contributed by atoms with Gasteiger partial charge in [0.15, 0.2) is 5.96 Å². The molecule has 172 valence electrons. The molecule has 0 bridgehead atoms. The van der Waals surface area contributed by atoms with Crippen molar-refractivity contribution < 1.29 is 22.6 Å². The van der Waals surface area contributed by atoms with Gasteiger partial charge in [-0.15, -0.1) is 24.0 Å². The SMILES string of the molecule is CN=C(NCCCOCC(F)(F)F)NCC(c1cccc(OC)c1)N1CCCC1.I. The third-order valence-corrected chi connectivity index (χ3v) is 4.77. The Labute approximate surface area is 193 Å². The van der Waals surface area contributed by atoms with Crippen LogP contribution in [0.2, 0.25) is 0 Å². The minimum atomic E-state index is -4.28. The van der Waals surface area contributed by atoms with Crippen molar-refractivity contribution in [3.63, 3.8) is 0 Å². The Morgan fingerprint density at radius 2 is 1.97 bits per heavy atom. The molecule has 1 saturated heterocycles. The Kier molecular flexibility index (Phi) is 12.4. The van der Waals surface area contributed by atoms with Gasteiger partial charge >= 0.3 is 6.18 Å². The summed E-state index contributed by atoms with van der Waals surface area (Å²) >= 11 is 0. The van der Waals surface area contributed by atoms with Crippen molar-refractivity contribution >= 4 is 29.9 Å². The molecule has 6 nitrogen and oxygen atoms in total. The van der Waals surface area contributed by atoms with Crippen LogP contribution in [0, 0.1) is 0 Å². The molecule has 2 rings (SSSR count). The maximum atomic E-state index is 12.1. The summed E-state index contributed by atoms with van der Waals surface area (Å²) in [7, 11) is 3.33. The number of rotatable bonds is 10. The fraction of sp³-hybridized carbons (Fsp3) is 0.650. The van der Waals surface area contributed by atoms with Crippen LogP contribution in [0.15, 0.2) is 29.3 Å². The first-order valence-electron chi connectivity index (χ1n) is 9.90. The minimum Gasteiger partial charge on any atom is -0.497 e. The Balaban J connectivity index is 0.00000450. The molecule has 1 aromatic rings. The Morgan fingerprint density at radius 1 is 1.23 bits per heavy atom. The van der Waals surface area contributed by atoms with Gasteiger partial charge in [-0.1, -0.05) is 12.1 Å². The van der Waals surface area contributed by atoms with Gasteiger partial charge in [-0.3, -0.25) is 9.89 Å². The number of methoxy groups -OCH3 is 1. The largest absolute Gasteiger partial charge is 0.497 e. The van der Waals surface area contributed by atoms with E-state index in [0.717, 1.165) is 18.8 Å². The van der Waals surface area contributed by atoms with Crippen LogP contribution < -0.4 is 15.4 Å². The third-order valence-electron chi connectivity index (χ3n) is 4.77. The highest BCUT2D eigenvalue weighted by Crippen LogP contribution is 2.27. The molecule has 1 aliphatic rings. The van der Waals surface area contributed by atoms with Gasteiger partial charge in [0, 0.05) is 26.7 Å². The van der Waals surface area contributed by atoms with Gasteiger partial charge in [0.05, 0.1) is 13.2 Å². The monoisotopic (exact) mass is 544 g/mol. The van der Waals surface area contributed by atoms with Crippen LogP contribution in [0.25, 0.3) is 0 Å². The molecule has 1 heterocycles. The number of halogens is 4. The Bertz CT molecular complexity index is 641. The molecule has 0 aromatic heterocycles. The van der Waals surface area contributed by atoms with E-state index in [1.165, 1.54) is 18.4 Å². The smallest absolute Gasteiger partial charge is 0.411 e. The highest BCUT2D eigenvalue weighted by atomic mass is 127. The molecule has 1 atom stereocenters. The molecule has 1 aromatic carbocycles. The molecule has 30 heavy (non-hydrogen) atoms. The van der Waals surface area contributed by atoms with Gasteiger partial charge in [0.1, 0.15) is 12.4 Å². The van der Waals surface area contributed by atoms with Crippen molar-refractivity contribution in [2.45, 2.75) is 31.5 Å². The van der Waals surface area contributed by atoms with Crippen molar-refractivity contribution in [2.75, 3.05) is 53.6 Å². The molecule has 0 aliphatic carbocycles. The van der Waals surface area contributed by atoms with Gasteiger partial charge in [-0.2, -0.15) is 13.2 Å². The van der Waals surface area contributed by atoms with Crippen molar-refractivity contribution in [2.24, 2.45) is 4.99 Å². The predicted octanol–water partition coefficient (Wildman–Crippen LogP) is 3.58. The van der Waals surface area contributed by atoms with E-state index >= 15 is 0 Å².